The Morgan fingerprint density at radius 3 is 2.41 bits per heavy atom. The number of hydrogen-bond donors (Lipinski definition) is 1. The van der Waals surface area contributed by atoms with E-state index in [1.54, 1.807) is 50.7 Å². The molecule has 0 aliphatic carbocycles. The standard InChI is InChI=1S/C22H26N2O7S/c1-4-29-21(25)18-13(3)23-16(12-32-11-14-10-31-14)20(22(26)30-5-2)19(18)15-8-6-7-9-17(15)24(27)28/h6-9,14,19,23H,4-5,10-12H2,1-3H3. The average Bonchev–Trinajstić information content (AvgIpc) is 3.57. The zero-order chi connectivity index (χ0) is 23.3. The molecule has 3 rings (SSSR count). The van der Waals surface area contributed by atoms with Crippen molar-refractivity contribution in [2.24, 2.45) is 0 Å². The number of thioether (sulfide) groups is 1. The van der Waals surface area contributed by atoms with Gasteiger partial charge in [0.15, 0.2) is 0 Å². The van der Waals surface area contributed by atoms with Crippen LogP contribution in [0.1, 0.15) is 32.3 Å². The molecule has 0 spiro atoms. The summed E-state index contributed by atoms with van der Waals surface area (Å²) >= 11 is 1.57. The van der Waals surface area contributed by atoms with E-state index in [9.17, 15) is 19.7 Å². The fraction of sp³-hybridized carbons (Fsp3) is 0.455. The minimum absolute atomic E-state index is 0.125. The molecule has 10 heteroatoms. The quantitative estimate of drug-likeness (QED) is 0.242. The van der Waals surface area contributed by atoms with Crippen molar-refractivity contribution in [3.8, 4) is 0 Å². The van der Waals surface area contributed by atoms with Gasteiger partial charge in [-0.1, -0.05) is 18.2 Å². The normalized spacial score (nSPS) is 20.0. The zero-order valence-corrected chi connectivity index (χ0v) is 19.0. The molecule has 32 heavy (non-hydrogen) atoms. The van der Waals surface area contributed by atoms with Gasteiger partial charge in [0.25, 0.3) is 5.69 Å². The molecule has 0 saturated carbocycles. The van der Waals surface area contributed by atoms with Crippen molar-refractivity contribution in [3.63, 3.8) is 0 Å². The van der Waals surface area contributed by atoms with Crippen LogP contribution in [0, 0.1) is 10.1 Å². The molecule has 1 saturated heterocycles. The van der Waals surface area contributed by atoms with Gasteiger partial charge >= 0.3 is 11.9 Å². The van der Waals surface area contributed by atoms with Gasteiger partial charge in [0.1, 0.15) is 0 Å². The molecule has 2 unspecified atom stereocenters. The molecule has 2 heterocycles. The van der Waals surface area contributed by atoms with Crippen molar-refractivity contribution in [2.75, 3.05) is 31.3 Å². The predicted molar refractivity (Wildman–Crippen MR) is 119 cm³/mol. The number of esters is 2. The topological polar surface area (TPSA) is 120 Å². The van der Waals surface area contributed by atoms with E-state index < -0.39 is 22.8 Å². The van der Waals surface area contributed by atoms with E-state index in [1.807, 2.05) is 0 Å². The summed E-state index contributed by atoms with van der Waals surface area (Å²) in [6.45, 7) is 6.02. The molecule has 0 radical (unpaired) electrons. The lowest BCUT2D eigenvalue weighted by atomic mass is 9.79. The van der Waals surface area contributed by atoms with Crippen LogP contribution < -0.4 is 5.32 Å². The lowest BCUT2D eigenvalue weighted by Gasteiger charge is -2.31. The summed E-state index contributed by atoms with van der Waals surface area (Å²) in [6.07, 6.45) is 0.202. The summed E-state index contributed by atoms with van der Waals surface area (Å²) in [4.78, 5) is 37.3. The Balaban J connectivity index is 2.16. The summed E-state index contributed by atoms with van der Waals surface area (Å²) in [6, 6.07) is 6.10. The molecule has 1 aromatic carbocycles. The van der Waals surface area contributed by atoms with Gasteiger partial charge in [0, 0.05) is 34.5 Å². The maximum atomic E-state index is 13.1. The molecule has 2 atom stereocenters. The molecule has 1 N–H and O–H groups in total. The molecule has 1 aromatic rings. The Labute approximate surface area is 190 Å². The molecule has 0 bridgehead atoms. The number of hydrogen-bond acceptors (Lipinski definition) is 9. The van der Waals surface area contributed by atoms with E-state index in [2.05, 4.69) is 5.32 Å². The number of carbonyl (C=O) groups excluding carboxylic acids is 2. The van der Waals surface area contributed by atoms with Gasteiger partial charge in [-0.05, 0) is 20.8 Å². The van der Waals surface area contributed by atoms with Crippen LogP contribution in [0.25, 0.3) is 0 Å². The molecule has 172 valence electrons. The number of rotatable bonds is 10. The van der Waals surface area contributed by atoms with E-state index in [0.717, 1.165) is 12.4 Å². The molecule has 0 amide bonds. The maximum absolute atomic E-state index is 13.1. The van der Waals surface area contributed by atoms with Crippen molar-refractivity contribution < 1.29 is 28.7 Å². The molecule has 2 aliphatic heterocycles. The number of para-hydroxylation sites is 1. The highest BCUT2D eigenvalue weighted by atomic mass is 32.2. The van der Waals surface area contributed by atoms with Crippen LogP contribution in [0.4, 0.5) is 5.69 Å². The third-order valence-corrected chi connectivity index (χ3v) is 6.13. The van der Waals surface area contributed by atoms with Crippen molar-refractivity contribution >= 4 is 29.4 Å². The minimum Gasteiger partial charge on any atom is -0.463 e. The van der Waals surface area contributed by atoms with E-state index in [1.165, 1.54) is 6.07 Å². The van der Waals surface area contributed by atoms with Crippen molar-refractivity contribution in [2.45, 2.75) is 32.8 Å². The second-order valence-electron chi connectivity index (χ2n) is 7.22. The summed E-state index contributed by atoms with van der Waals surface area (Å²) in [5, 5.41) is 15.0. The second kappa shape index (κ2) is 10.6. The first-order valence-electron chi connectivity index (χ1n) is 10.4. The first kappa shape index (κ1) is 23.8. The number of nitrogens with one attached hydrogen (secondary N) is 1. The zero-order valence-electron chi connectivity index (χ0n) is 18.2. The number of carbonyl (C=O) groups is 2. The van der Waals surface area contributed by atoms with Crippen molar-refractivity contribution in [1.29, 1.82) is 0 Å². The third kappa shape index (κ3) is 5.31. The number of nitrogens with zero attached hydrogens (tertiary/aromatic N) is 1. The predicted octanol–water partition coefficient (Wildman–Crippen LogP) is 3.07. The average molecular weight is 463 g/mol. The number of nitro groups is 1. The van der Waals surface area contributed by atoms with Crippen LogP contribution in [0.15, 0.2) is 46.8 Å². The van der Waals surface area contributed by atoms with Gasteiger partial charge in [-0.25, -0.2) is 9.59 Å². The first-order valence-corrected chi connectivity index (χ1v) is 11.5. The molecule has 1 fully saturated rings. The van der Waals surface area contributed by atoms with Crippen molar-refractivity contribution in [3.05, 3.63) is 62.5 Å². The highest BCUT2D eigenvalue weighted by molar-refractivity contribution is 7.99. The van der Waals surface area contributed by atoms with Crippen LogP contribution in [0.2, 0.25) is 0 Å². The monoisotopic (exact) mass is 462 g/mol. The Kier molecular flexibility index (Phi) is 7.92. The molecule has 0 aromatic heterocycles. The van der Waals surface area contributed by atoms with E-state index in [-0.39, 0.29) is 41.7 Å². The number of benzene rings is 1. The van der Waals surface area contributed by atoms with Gasteiger partial charge < -0.3 is 19.5 Å². The lowest BCUT2D eigenvalue weighted by Crippen LogP contribution is -2.34. The summed E-state index contributed by atoms with van der Waals surface area (Å²) in [7, 11) is 0. The fourth-order valence-corrected chi connectivity index (χ4v) is 4.61. The van der Waals surface area contributed by atoms with E-state index >= 15 is 0 Å². The Hall–Kier alpha value is -2.85. The number of allylic oxidation sites excluding steroid dienone is 1. The van der Waals surface area contributed by atoms with Gasteiger partial charge in [0.2, 0.25) is 0 Å². The lowest BCUT2D eigenvalue weighted by molar-refractivity contribution is -0.385. The number of ether oxygens (including phenoxy) is 3. The van der Waals surface area contributed by atoms with Crippen LogP contribution >= 0.6 is 11.8 Å². The highest BCUT2D eigenvalue weighted by Gasteiger charge is 2.41. The second-order valence-corrected chi connectivity index (χ2v) is 8.25. The fourth-order valence-electron chi connectivity index (χ4n) is 3.61. The minimum atomic E-state index is -0.997. The van der Waals surface area contributed by atoms with Crippen LogP contribution in [0.3, 0.4) is 0 Å². The van der Waals surface area contributed by atoms with E-state index in [4.69, 9.17) is 14.2 Å². The number of nitro benzene ring substituents is 1. The Morgan fingerprint density at radius 1 is 1.19 bits per heavy atom. The van der Waals surface area contributed by atoms with E-state index in [0.29, 0.717) is 17.1 Å². The molecule has 9 nitrogen and oxygen atoms in total. The summed E-state index contributed by atoms with van der Waals surface area (Å²) in [5.74, 6) is -1.08. The largest absolute Gasteiger partial charge is 0.463 e. The first-order chi connectivity index (χ1) is 15.4. The number of dihydropyridines is 1. The third-order valence-electron chi connectivity index (χ3n) is 5.03. The van der Waals surface area contributed by atoms with Gasteiger partial charge in [-0.15, -0.1) is 0 Å². The van der Waals surface area contributed by atoms with Crippen LogP contribution in [-0.4, -0.2) is 54.3 Å². The van der Waals surface area contributed by atoms with Crippen LogP contribution in [0.5, 0.6) is 0 Å². The Morgan fingerprint density at radius 2 is 1.81 bits per heavy atom. The highest BCUT2D eigenvalue weighted by Crippen LogP contribution is 2.43. The maximum Gasteiger partial charge on any atom is 0.336 e. The SMILES string of the molecule is CCOC(=O)C1=C(C)NC(CSCC2CO2)=C(C(=O)OCC)C1c1ccccc1[N+](=O)[O-]. The molecular weight excluding hydrogens is 436 g/mol. The smallest absolute Gasteiger partial charge is 0.336 e. The molecule has 2 aliphatic rings. The summed E-state index contributed by atoms with van der Waals surface area (Å²) < 4.78 is 15.8. The number of epoxide rings is 1. The Bertz CT molecular complexity index is 969. The molecular formula is C22H26N2O7S. The van der Waals surface area contributed by atoms with Gasteiger partial charge in [-0.3, -0.25) is 10.1 Å². The summed E-state index contributed by atoms with van der Waals surface area (Å²) in [5.41, 5.74) is 1.43. The van der Waals surface area contributed by atoms with Gasteiger partial charge in [0.05, 0.1) is 47.9 Å². The van der Waals surface area contributed by atoms with Crippen molar-refractivity contribution in [1.82, 2.24) is 5.32 Å². The van der Waals surface area contributed by atoms with Gasteiger partial charge in [-0.2, -0.15) is 11.8 Å². The van der Waals surface area contributed by atoms with Crippen LogP contribution in [-0.2, 0) is 23.8 Å².